The molecule has 2 nitrogen and oxygen atoms in total. The molecule has 17 heavy (non-hydrogen) atoms. The SMILES string of the molecule is CC(C)CN(C)C(=O)c1c(F)cc(Br)cc1F. The van der Waals surface area contributed by atoms with Gasteiger partial charge in [-0.2, -0.15) is 0 Å². The summed E-state index contributed by atoms with van der Waals surface area (Å²) in [7, 11) is 1.53. The summed E-state index contributed by atoms with van der Waals surface area (Å²) in [5.41, 5.74) is -0.503. The summed E-state index contributed by atoms with van der Waals surface area (Å²) in [6, 6.07) is 2.17. The molecule has 0 heterocycles. The predicted octanol–water partition coefficient (Wildman–Crippen LogP) is 3.46. The third kappa shape index (κ3) is 3.49. The fraction of sp³-hybridized carbons (Fsp3) is 0.417. The first-order valence-electron chi connectivity index (χ1n) is 5.23. The molecule has 0 aliphatic rings. The molecule has 0 spiro atoms. The fourth-order valence-corrected chi connectivity index (χ4v) is 1.97. The number of hydrogen-bond donors (Lipinski definition) is 0. The van der Waals surface area contributed by atoms with Crippen LogP contribution in [0.1, 0.15) is 24.2 Å². The van der Waals surface area contributed by atoms with E-state index in [2.05, 4.69) is 15.9 Å². The lowest BCUT2D eigenvalue weighted by atomic mass is 10.1. The number of rotatable bonds is 3. The molecule has 0 bridgehead atoms. The van der Waals surface area contributed by atoms with E-state index in [1.807, 2.05) is 13.8 Å². The summed E-state index contributed by atoms with van der Waals surface area (Å²) in [5.74, 6) is -2.10. The first kappa shape index (κ1) is 14.1. The fourth-order valence-electron chi connectivity index (χ4n) is 1.57. The van der Waals surface area contributed by atoms with E-state index in [0.717, 1.165) is 12.1 Å². The van der Waals surface area contributed by atoms with E-state index in [1.165, 1.54) is 11.9 Å². The average molecular weight is 306 g/mol. The Morgan fingerprint density at radius 3 is 2.24 bits per heavy atom. The number of carbonyl (C=O) groups excluding carboxylic acids is 1. The molecule has 0 aliphatic heterocycles. The largest absolute Gasteiger partial charge is 0.341 e. The van der Waals surface area contributed by atoms with Crippen LogP contribution >= 0.6 is 15.9 Å². The van der Waals surface area contributed by atoms with Crippen molar-refractivity contribution in [2.45, 2.75) is 13.8 Å². The van der Waals surface area contributed by atoms with Crippen LogP contribution in [0.2, 0.25) is 0 Å². The molecule has 94 valence electrons. The van der Waals surface area contributed by atoms with Crippen LogP contribution in [-0.4, -0.2) is 24.4 Å². The van der Waals surface area contributed by atoms with Gasteiger partial charge in [0, 0.05) is 18.1 Å². The van der Waals surface area contributed by atoms with Crippen LogP contribution in [-0.2, 0) is 0 Å². The Labute approximate surface area is 108 Å². The topological polar surface area (TPSA) is 20.3 Å². The molecular formula is C12H14BrF2NO. The number of halogens is 3. The maximum atomic E-state index is 13.5. The van der Waals surface area contributed by atoms with Crippen molar-refractivity contribution in [3.8, 4) is 0 Å². The summed E-state index contributed by atoms with van der Waals surface area (Å²) in [5, 5.41) is 0. The number of benzene rings is 1. The van der Waals surface area contributed by atoms with Gasteiger partial charge in [-0.25, -0.2) is 8.78 Å². The van der Waals surface area contributed by atoms with Gasteiger partial charge in [0.2, 0.25) is 0 Å². The van der Waals surface area contributed by atoms with Gasteiger partial charge in [-0.3, -0.25) is 4.79 Å². The van der Waals surface area contributed by atoms with Crippen molar-refractivity contribution in [3.05, 3.63) is 33.8 Å². The van der Waals surface area contributed by atoms with E-state index in [9.17, 15) is 13.6 Å². The molecule has 1 amide bonds. The van der Waals surface area contributed by atoms with Crippen LogP contribution in [0.4, 0.5) is 8.78 Å². The van der Waals surface area contributed by atoms with Crippen molar-refractivity contribution in [1.29, 1.82) is 0 Å². The summed E-state index contributed by atoms with van der Waals surface area (Å²) >= 11 is 2.97. The first-order chi connectivity index (χ1) is 7.82. The smallest absolute Gasteiger partial charge is 0.259 e. The van der Waals surface area contributed by atoms with Gasteiger partial charge in [0.05, 0.1) is 0 Å². The highest BCUT2D eigenvalue weighted by molar-refractivity contribution is 9.10. The summed E-state index contributed by atoms with van der Waals surface area (Å²) in [6.45, 7) is 4.31. The number of nitrogens with zero attached hydrogens (tertiary/aromatic N) is 1. The van der Waals surface area contributed by atoms with Crippen LogP contribution in [0.5, 0.6) is 0 Å². The Hall–Kier alpha value is -0.970. The molecule has 0 radical (unpaired) electrons. The van der Waals surface area contributed by atoms with Crippen molar-refractivity contribution in [1.82, 2.24) is 4.90 Å². The van der Waals surface area contributed by atoms with Crippen LogP contribution in [0.15, 0.2) is 16.6 Å². The Morgan fingerprint density at radius 2 is 1.82 bits per heavy atom. The Morgan fingerprint density at radius 1 is 1.35 bits per heavy atom. The van der Waals surface area contributed by atoms with E-state index in [4.69, 9.17) is 0 Å². The van der Waals surface area contributed by atoms with Crippen LogP contribution in [0, 0.1) is 17.6 Å². The van der Waals surface area contributed by atoms with E-state index in [0.29, 0.717) is 6.54 Å². The summed E-state index contributed by atoms with van der Waals surface area (Å²) in [6.07, 6.45) is 0. The summed E-state index contributed by atoms with van der Waals surface area (Å²) < 4.78 is 27.4. The van der Waals surface area contributed by atoms with Gasteiger partial charge in [-0.1, -0.05) is 29.8 Å². The zero-order chi connectivity index (χ0) is 13.2. The van der Waals surface area contributed by atoms with Gasteiger partial charge < -0.3 is 4.90 Å². The molecule has 0 unspecified atom stereocenters. The highest BCUT2D eigenvalue weighted by atomic mass is 79.9. The molecule has 0 aliphatic carbocycles. The lowest BCUT2D eigenvalue weighted by Crippen LogP contribution is -2.31. The van der Waals surface area contributed by atoms with Gasteiger partial charge in [0.15, 0.2) is 0 Å². The van der Waals surface area contributed by atoms with Crippen molar-refractivity contribution in [2.24, 2.45) is 5.92 Å². The standard InChI is InChI=1S/C12H14BrF2NO/c1-7(2)6-16(3)12(17)11-9(14)4-8(13)5-10(11)15/h4-5,7H,6H2,1-3H3. The minimum Gasteiger partial charge on any atom is -0.341 e. The van der Waals surface area contributed by atoms with Gasteiger partial charge >= 0.3 is 0 Å². The van der Waals surface area contributed by atoms with Crippen LogP contribution in [0.3, 0.4) is 0 Å². The van der Waals surface area contributed by atoms with Crippen molar-refractivity contribution >= 4 is 21.8 Å². The molecule has 0 aromatic heterocycles. The molecule has 1 aromatic carbocycles. The molecule has 1 aromatic rings. The van der Waals surface area contributed by atoms with E-state index >= 15 is 0 Å². The normalized spacial score (nSPS) is 10.8. The van der Waals surface area contributed by atoms with Crippen LogP contribution < -0.4 is 0 Å². The molecular weight excluding hydrogens is 292 g/mol. The Kier molecular flexibility index (Phi) is 4.62. The third-order valence-electron chi connectivity index (χ3n) is 2.21. The predicted molar refractivity (Wildman–Crippen MR) is 65.9 cm³/mol. The quantitative estimate of drug-likeness (QED) is 0.837. The zero-order valence-corrected chi connectivity index (χ0v) is 11.5. The lowest BCUT2D eigenvalue weighted by molar-refractivity contribution is 0.0769. The van der Waals surface area contributed by atoms with Gasteiger partial charge in [0.25, 0.3) is 5.91 Å². The van der Waals surface area contributed by atoms with E-state index in [1.54, 1.807) is 0 Å². The number of carbonyl (C=O) groups is 1. The second-order valence-corrected chi connectivity index (χ2v) is 5.24. The minimum atomic E-state index is -0.850. The van der Waals surface area contributed by atoms with Gasteiger partial charge in [-0.05, 0) is 18.1 Å². The third-order valence-corrected chi connectivity index (χ3v) is 2.66. The second kappa shape index (κ2) is 5.58. The lowest BCUT2D eigenvalue weighted by Gasteiger charge is -2.20. The van der Waals surface area contributed by atoms with E-state index in [-0.39, 0.29) is 10.4 Å². The molecule has 5 heteroatoms. The van der Waals surface area contributed by atoms with Crippen molar-refractivity contribution in [3.63, 3.8) is 0 Å². The highest BCUT2D eigenvalue weighted by Crippen LogP contribution is 2.20. The Bertz CT molecular complexity index is 412. The van der Waals surface area contributed by atoms with Gasteiger partial charge in [-0.15, -0.1) is 0 Å². The van der Waals surface area contributed by atoms with Crippen molar-refractivity contribution < 1.29 is 13.6 Å². The second-order valence-electron chi connectivity index (χ2n) is 4.32. The van der Waals surface area contributed by atoms with Crippen molar-refractivity contribution in [2.75, 3.05) is 13.6 Å². The molecule has 1 rings (SSSR count). The minimum absolute atomic E-state index is 0.241. The molecule has 0 saturated carbocycles. The van der Waals surface area contributed by atoms with Crippen LogP contribution in [0.25, 0.3) is 0 Å². The number of amides is 1. The maximum Gasteiger partial charge on any atom is 0.259 e. The number of hydrogen-bond acceptors (Lipinski definition) is 1. The first-order valence-corrected chi connectivity index (χ1v) is 6.02. The van der Waals surface area contributed by atoms with E-state index < -0.39 is 23.1 Å². The molecule has 0 fully saturated rings. The van der Waals surface area contributed by atoms with Gasteiger partial charge in [0.1, 0.15) is 17.2 Å². The zero-order valence-electron chi connectivity index (χ0n) is 9.93. The summed E-state index contributed by atoms with van der Waals surface area (Å²) in [4.78, 5) is 13.2. The molecule has 0 atom stereocenters. The average Bonchev–Trinajstić information content (AvgIpc) is 2.14. The highest BCUT2D eigenvalue weighted by Gasteiger charge is 2.21. The molecule has 0 saturated heterocycles. The monoisotopic (exact) mass is 305 g/mol. The molecule has 0 N–H and O–H groups in total. The maximum absolute atomic E-state index is 13.5. The Balaban J connectivity index is 3.04.